The molecule has 0 atom stereocenters. The summed E-state index contributed by atoms with van der Waals surface area (Å²) >= 11 is 1.54. The summed E-state index contributed by atoms with van der Waals surface area (Å²) < 4.78 is 0. The van der Waals surface area contributed by atoms with E-state index in [4.69, 9.17) is 0 Å². The van der Waals surface area contributed by atoms with E-state index in [0.717, 1.165) is 54.5 Å². The van der Waals surface area contributed by atoms with Gasteiger partial charge in [-0.25, -0.2) is 4.98 Å². The van der Waals surface area contributed by atoms with E-state index in [0.29, 0.717) is 0 Å². The first kappa shape index (κ1) is 14.5. The van der Waals surface area contributed by atoms with Crippen LogP contribution >= 0.6 is 11.3 Å². The van der Waals surface area contributed by atoms with Crippen molar-refractivity contribution in [2.75, 3.05) is 31.6 Å². The van der Waals surface area contributed by atoms with Gasteiger partial charge in [0.05, 0.1) is 10.6 Å². The molecule has 1 fully saturated rings. The number of thiazole rings is 1. The van der Waals surface area contributed by atoms with Gasteiger partial charge in [0.25, 0.3) is 0 Å². The lowest BCUT2D eigenvalue weighted by Crippen LogP contribution is -2.57. The summed E-state index contributed by atoms with van der Waals surface area (Å²) in [6.07, 6.45) is 2.87. The lowest BCUT2D eigenvalue weighted by molar-refractivity contribution is 0.112. The molecule has 0 amide bonds. The van der Waals surface area contributed by atoms with Crippen molar-refractivity contribution in [2.45, 2.75) is 39.2 Å². The van der Waals surface area contributed by atoms with E-state index in [1.54, 1.807) is 0 Å². The van der Waals surface area contributed by atoms with Crippen LogP contribution in [0.3, 0.4) is 0 Å². The monoisotopic (exact) mass is 281 g/mol. The van der Waals surface area contributed by atoms with Gasteiger partial charge < -0.3 is 4.90 Å². The molecule has 19 heavy (non-hydrogen) atoms. The topological polar surface area (TPSA) is 36.4 Å². The Morgan fingerprint density at radius 3 is 2.74 bits per heavy atom. The number of likely N-dealkylation sites (N-methyl/N-ethyl adjacent to an activating group) is 1. The number of hydrogen-bond acceptors (Lipinski definition) is 5. The highest BCUT2D eigenvalue weighted by Gasteiger charge is 2.32. The zero-order valence-electron chi connectivity index (χ0n) is 12.3. The molecule has 5 heteroatoms. The first-order valence-corrected chi connectivity index (χ1v) is 7.70. The van der Waals surface area contributed by atoms with Gasteiger partial charge in [-0.2, -0.15) is 0 Å². The van der Waals surface area contributed by atoms with Crippen LogP contribution in [0, 0.1) is 0 Å². The van der Waals surface area contributed by atoms with E-state index in [-0.39, 0.29) is 5.54 Å². The molecule has 0 N–H and O–H groups in total. The standard InChI is InChI=1S/C14H23N3OS/c1-5-6-11-12(9-18)19-13(15-11)17-8-7-16(4)14(2,3)10-17/h9H,5-8,10H2,1-4H3. The Bertz CT molecular complexity index is 456. The Labute approximate surface area is 119 Å². The van der Waals surface area contributed by atoms with Crippen LogP contribution in [0.15, 0.2) is 0 Å². The zero-order valence-corrected chi connectivity index (χ0v) is 13.1. The van der Waals surface area contributed by atoms with Crippen LogP contribution in [0.4, 0.5) is 5.13 Å². The zero-order chi connectivity index (χ0) is 14.0. The fourth-order valence-electron chi connectivity index (χ4n) is 2.40. The normalized spacial score (nSPS) is 19.7. The largest absolute Gasteiger partial charge is 0.345 e. The van der Waals surface area contributed by atoms with Crippen LogP contribution in [0.1, 0.15) is 42.6 Å². The van der Waals surface area contributed by atoms with E-state index >= 15 is 0 Å². The molecular weight excluding hydrogens is 258 g/mol. The van der Waals surface area contributed by atoms with Crippen LogP contribution in [0.2, 0.25) is 0 Å². The van der Waals surface area contributed by atoms with Crippen molar-refractivity contribution in [1.82, 2.24) is 9.88 Å². The summed E-state index contributed by atoms with van der Waals surface area (Å²) in [4.78, 5) is 21.3. The second kappa shape index (κ2) is 5.59. The number of piperazine rings is 1. The van der Waals surface area contributed by atoms with Gasteiger partial charge in [0.1, 0.15) is 0 Å². The minimum atomic E-state index is 0.149. The molecule has 1 aliphatic heterocycles. The Morgan fingerprint density at radius 2 is 2.16 bits per heavy atom. The molecule has 106 valence electrons. The van der Waals surface area contributed by atoms with Crippen LogP contribution in [-0.4, -0.2) is 48.4 Å². The average molecular weight is 281 g/mol. The Kier molecular flexibility index (Phi) is 4.26. The van der Waals surface area contributed by atoms with Crippen molar-refractivity contribution in [3.63, 3.8) is 0 Å². The summed E-state index contributed by atoms with van der Waals surface area (Å²) in [6.45, 7) is 9.59. The maximum atomic E-state index is 11.1. The summed E-state index contributed by atoms with van der Waals surface area (Å²) in [5.41, 5.74) is 1.12. The molecule has 2 heterocycles. The number of nitrogens with zero attached hydrogens (tertiary/aromatic N) is 3. The van der Waals surface area contributed by atoms with Gasteiger partial charge in [-0.3, -0.25) is 9.69 Å². The average Bonchev–Trinajstić information content (AvgIpc) is 2.76. The van der Waals surface area contributed by atoms with Crippen molar-refractivity contribution in [3.05, 3.63) is 10.6 Å². The molecule has 0 bridgehead atoms. The van der Waals surface area contributed by atoms with Gasteiger partial charge in [0.2, 0.25) is 0 Å². The number of aryl methyl sites for hydroxylation is 1. The maximum absolute atomic E-state index is 11.1. The highest BCUT2D eigenvalue weighted by atomic mass is 32.1. The third-order valence-corrected chi connectivity index (χ3v) is 4.98. The highest BCUT2D eigenvalue weighted by Crippen LogP contribution is 2.30. The number of hydrogen-bond donors (Lipinski definition) is 0. The minimum absolute atomic E-state index is 0.149. The van der Waals surface area contributed by atoms with E-state index in [2.05, 4.69) is 42.6 Å². The van der Waals surface area contributed by atoms with E-state index < -0.39 is 0 Å². The predicted molar refractivity (Wildman–Crippen MR) is 80.4 cm³/mol. The van der Waals surface area contributed by atoms with E-state index in [1.165, 1.54) is 11.3 Å². The molecule has 0 saturated carbocycles. The quantitative estimate of drug-likeness (QED) is 0.794. The fraction of sp³-hybridized carbons (Fsp3) is 0.714. The molecule has 0 aromatic carbocycles. The number of aldehydes is 1. The Balaban J connectivity index is 2.20. The Hall–Kier alpha value is -0.940. The van der Waals surface area contributed by atoms with E-state index in [9.17, 15) is 4.79 Å². The molecule has 1 aromatic heterocycles. The molecular formula is C14H23N3OS. The summed E-state index contributed by atoms with van der Waals surface area (Å²) in [5.74, 6) is 0. The van der Waals surface area contributed by atoms with Crippen molar-refractivity contribution < 1.29 is 4.79 Å². The molecule has 1 saturated heterocycles. The third kappa shape index (κ3) is 2.98. The number of rotatable bonds is 4. The summed E-state index contributed by atoms with van der Waals surface area (Å²) in [7, 11) is 2.17. The van der Waals surface area contributed by atoms with Gasteiger partial charge in [0, 0.05) is 25.2 Å². The van der Waals surface area contributed by atoms with Crippen LogP contribution in [-0.2, 0) is 6.42 Å². The van der Waals surface area contributed by atoms with Gasteiger partial charge in [-0.1, -0.05) is 24.7 Å². The highest BCUT2D eigenvalue weighted by molar-refractivity contribution is 7.17. The molecule has 2 rings (SSSR count). The summed E-state index contributed by atoms with van der Waals surface area (Å²) in [5, 5.41) is 1.01. The lowest BCUT2D eigenvalue weighted by atomic mass is 10.0. The molecule has 1 aromatic rings. The van der Waals surface area contributed by atoms with Crippen molar-refractivity contribution in [1.29, 1.82) is 0 Å². The van der Waals surface area contributed by atoms with Crippen molar-refractivity contribution in [3.8, 4) is 0 Å². The minimum Gasteiger partial charge on any atom is -0.345 e. The van der Waals surface area contributed by atoms with E-state index in [1.807, 2.05) is 0 Å². The van der Waals surface area contributed by atoms with Gasteiger partial charge in [-0.15, -0.1) is 0 Å². The second-order valence-electron chi connectivity index (χ2n) is 5.83. The number of anilines is 1. The fourth-order valence-corrected chi connectivity index (χ4v) is 3.35. The van der Waals surface area contributed by atoms with Crippen LogP contribution < -0.4 is 4.90 Å². The van der Waals surface area contributed by atoms with Crippen LogP contribution in [0.5, 0.6) is 0 Å². The van der Waals surface area contributed by atoms with Gasteiger partial charge in [0.15, 0.2) is 11.4 Å². The molecule has 0 radical (unpaired) electrons. The lowest BCUT2D eigenvalue weighted by Gasteiger charge is -2.45. The van der Waals surface area contributed by atoms with Crippen LogP contribution in [0.25, 0.3) is 0 Å². The predicted octanol–water partition coefficient (Wildman–Crippen LogP) is 2.44. The molecule has 1 aliphatic rings. The first-order valence-electron chi connectivity index (χ1n) is 6.89. The molecule has 4 nitrogen and oxygen atoms in total. The maximum Gasteiger partial charge on any atom is 0.186 e. The number of carbonyl (C=O) groups excluding carboxylic acids is 1. The smallest absolute Gasteiger partial charge is 0.186 e. The molecule has 0 spiro atoms. The number of aromatic nitrogens is 1. The first-order chi connectivity index (χ1) is 8.97. The number of carbonyl (C=O) groups is 1. The van der Waals surface area contributed by atoms with Gasteiger partial charge >= 0.3 is 0 Å². The van der Waals surface area contributed by atoms with Crippen molar-refractivity contribution in [2.24, 2.45) is 0 Å². The Morgan fingerprint density at radius 1 is 1.42 bits per heavy atom. The van der Waals surface area contributed by atoms with Gasteiger partial charge in [-0.05, 0) is 27.3 Å². The third-order valence-electron chi connectivity index (χ3n) is 3.90. The summed E-state index contributed by atoms with van der Waals surface area (Å²) in [6, 6.07) is 0. The molecule has 0 unspecified atom stereocenters. The SMILES string of the molecule is CCCc1nc(N2CCN(C)C(C)(C)C2)sc1C=O. The molecule has 0 aliphatic carbocycles. The van der Waals surface area contributed by atoms with Crippen molar-refractivity contribution >= 4 is 22.8 Å². The second-order valence-corrected chi connectivity index (χ2v) is 6.84.